The van der Waals surface area contributed by atoms with Crippen LogP contribution >= 0.6 is 23.2 Å². The van der Waals surface area contributed by atoms with Crippen molar-refractivity contribution in [1.82, 2.24) is 4.90 Å². The van der Waals surface area contributed by atoms with Crippen LogP contribution in [0.4, 0.5) is 0 Å². The third-order valence-corrected chi connectivity index (χ3v) is 4.88. The quantitative estimate of drug-likeness (QED) is 0.365. The fourth-order valence-electron chi connectivity index (χ4n) is 2.44. The summed E-state index contributed by atoms with van der Waals surface area (Å²) >= 11 is 12.7. The number of hydrogen-bond donors (Lipinski definition) is 0. The fraction of sp³-hybridized carbons (Fsp3) is 0.238. The molecule has 142 valence electrons. The van der Waals surface area contributed by atoms with Gasteiger partial charge in [-0.25, -0.2) is 4.79 Å². The molecule has 2 rings (SSSR count). The lowest BCUT2D eigenvalue weighted by Crippen LogP contribution is -2.49. The van der Waals surface area contributed by atoms with Gasteiger partial charge in [0.25, 0.3) is 5.91 Å². The molecule has 1 unspecified atom stereocenters. The van der Waals surface area contributed by atoms with Gasteiger partial charge in [-0.1, -0.05) is 77.8 Å². The molecule has 0 saturated carbocycles. The number of halogens is 2. The van der Waals surface area contributed by atoms with Gasteiger partial charge in [-0.2, -0.15) is 0 Å². The molecule has 0 N–H and O–H groups in total. The summed E-state index contributed by atoms with van der Waals surface area (Å²) in [5, 5.41) is 0. The van der Waals surface area contributed by atoms with Crippen LogP contribution in [0.5, 0.6) is 0 Å². The highest BCUT2D eigenvalue weighted by molar-refractivity contribution is 6.58. The van der Waals surface area contributed by atoms with E-state index in [0.29, 0.717) is 12.1 Å². The predicted molar refractivity (Wildman–Crippen MR) is 108 cm³/mol. The number of amides is 1. The van der Waals surface area contributed by atoms with Gasteiger partial charge in [-0.15, -0.1) is 6.58 Å². The zero-order chi connectivity index (χ0) is 19.9. The number of hydrogen-bond acceptors (Lipinski definition) is 3. The Morgan fingerprint density at radius 1 is 1.11 bits per heavy atom. The van der Waals surface area contributed by atoms with Gasteiger partial charge < -0.3 is 9.64 Å². The molecule has 2 aromatic rings. The van der Waals surface area contributed by atoms with E-state index in [2.05, 4.69) is 6.58 Å². The van der Waals surface area contributed by atoms with Crippen LogP contribution in [0.15, 0.2) is 73.3 Å². The van der Waals surface area contributed by atoms with Crippen LogP contribution < -0.4 is 0 Å². The number of carbonyl (C=O) groups excluding carboxylic acids is 2. The molecule has 1 atom stereocenters. The van der Waals surface area contributed by atoms with E-state index >= 15 is 0 Å². The van der Waals surface area contributed by atoms with E-state index in [9.17, 15) is 9.59 Å². The van der Waals surface area contributed by atoms with Crippen molar-refractivity contribution in [3.05, 3.63) is 84.4 Å². The van der Waals surface area contributed by atoms with Crippen molar-refractivity contribution in [2.75, 3.05) is 6.54 Å². The molecule has 0 aliphatic heterocycles. The lowest BCUT2D eigenvalue weighted by atomic mass is 10.1. The fourth-order valence-corrected chi connectivity index (χ4v) is 2.77. The maximum absolute atomic E-state index is 12.9. The Kier molecular flexibility index (Phi) is 7.45. The summed E-state index contributed by atoms with van der Waals surface area (Å²) in [6.45, 7) is 5.74. The average Bonchev–Trinajstić information content (AvgIpc) is 2.68. The van der Waals surface area contributed by atoms with E-state index in [0.717, 1.165) is 5.56 Å². The maximum Gasteiger partial charge on any atom is 0.338 e. The molecule has 0 saturated heterocycles. The molecule has 27 heavy (non-hydrogen) atoms. The first-order valence-electron chi connectivity index (χ1n) is 8.44. The molecule has 0 fully saturated rings. The SMILES string of the molecule is C=CCN(Cc1ccccc1)C(=O)C(Cl)(Cl)C(C)OC(=O)c1ccccc1. The zero-order valence-corrected chi connectivity index (χ0v) is 16.5. The number of esters is 1. The minimum atomic E-state index is -1.93. The first kappa shape index (κ1) is 21.0. The van der Waals surface area contributed by atoms with Crippen molar-refractivity contribution < 1.29 is 14.3 Å². The zero-order valence-electron chi connectivity index (χ0n) is 15.0. The van der Waals surface area contributed by atoms with Crippen molar-refractivity contribution >= 4 is 35.1 Å². The molecule has 6 heteroatoms. The van der Waals surface area contributed by atoms with E-state index < -0.39 is 22.3 Å². The molecule has 0 aromatic heterocycles. The van der Waals surface area contributed by atoms with Crippen LogP contribution in [0.25, 0.3) is 0 Å². The van der Waals surface area contributed by atoms with Crippen LogP contribution in [-0.4, -0.2) is 33.8 Å². The van der Waals surface area contributed by atoms with Crippen LogP contribution in [0, 0.1) is 0 Å². The number of alkyl halides is 2. The van der Waals surface area contributed by atoms with E-state index in [1.165, 1.54) is 11.8 Å². The van der Waals surface area contributed by atoms with E-state index in [4.69, 9.17) is 27.9 Å². The second kappa shape index (κ2) is 9.58. The van der Waals surface area contributed by atoms with E-state index in [1.54, 1.807) is 36.4 Å². The molecule has 4 nitrogen and oxygen atoms in total. The Labute approximate surface area is 169 Å². The molecular formula is C21H21Cl2NO3. The maximum atomic E-state index is 12.9. The summed E-state index contributed by atoms with van der Waals surface area (Å²) in [6.07, 6.45) is 0.537. The molecule has 2 aromatic carbocycles. The number of benzene rings is 2. The van der Waals surface area contributed by atoms with Crippen molar-refractivity contribution in [3.8, 4) is 0 Å². The molecule has 0 aliphatic rings. The second-order valence-corrected chi connectivity index (χ2v) is 7.38. The number of nitrogens with zero attached hydrogens (tertiary/aromatic N) is 1. The van der Waals surface area contributed by atoms with Gasteiger partial charge in [-0.3, -0.25) is 4.79 Å². The monoisotopic (exact) mass is 405 g/mol. The number of carbonyl (C=O) groups is 2. The largest absolute Gasteiger partial charge is 0.455 e. The third-order valence-electron chi connectivity index (χ3n) is 3.94. The highest BCUT2D eigenvalue weighted by Crippen LogP contribution is 2.31. The third kappa shape index (κ3) is 5.59. The summed E-state index contributed by atoms with van der Waals surface area (Å²) in [5.41, 5.74) is 1.28. The van der Waals surface area contributed by atoms with Crippen LogP contribution in [-0.2, 0) is 16.1 Å². The highest BCUT2D eigenvalue weighted by atomic mass is 35.5. The molecular weight excluding hydrogens is 385 g/mol. The summed E-state index contributed by atoms with van der Waals surface area (Å²) in [4.78, 5) is 26.6. The number of ether oxygens (including phenoxy) is 1. The van der Waals surface area contributed by atoms with Crippen LogP contribution in [0.3, 0.4) is 0 Å². The van der Waals surface area contributed by atoms with Crippen LogP contribution in [0.1, 0.15) is 22.8 Å². The first-order chi connectivity index (χ1) is 12.9. The Hall–Kier alpha value is -2.30. The van der Waals surface area contributed by atoms with Gasteiger partial charge in [0, 0.05) is 13.1 Å². The van der Waals surface area contributed by atoms with E-state index in [1.807, 2.05) is 30.3 Å². The molecule has 0 heterocycles. The van der Waals surface area contributed by atoms with Gasteiger partial charge in [-0.05, 0) is 24.6 Å². The topological polar surface area (TPSA) is 46.6 Å². The first-order valence-corrected chi connectivity index (χ1v) is 9.20. The Bertz CT molecular complexity index is 779. The lowest BCUT2D eigenvalue weighted by Gasteiger charge is -2.31. The van der Waals surface area contributed by atoms with Crippen molar-refractivity contribution in [1.29, 1.82) is 0 Å². The van der Waals surface area contributed by atoms with Gasteiger partial charge in [0.05, 0.1) is 5.56 Å². The molecule has 0 spiro atoms. The Morgan fingerprint density at radius 2 is 1.67 bits per heavy atom. The predicted octanol–water partition coefficient (Wildman–Crippen LogP) is 4.62. The lowest BCUT2D eigenvalue weighted by molar-refractivity contribution is -0.134. The van der Waals surface area contributed by atoms with E-state index in [-0.39, 0.29) is 6.54 Å². The summed E-state index contributed by atoms with van der Waals surface area (Å²) < 4.78 is 3.40. The van der Waals surface area contributed by atoms with Crippen molar-refractivity contribution in [2.24, 2.45) is 0 Å². The number of rotatable bonds is 8. The molecule has 1 amide bonds. The average molecular weight is 406 g/mol. The minimum absolute atomic E-state index is 0.258. The highest BCUT2D eigenvalue weighted by Gasteiger charge is 2.45. The Morgan fingerprint density at radius 3 is 2.22 bits per heavy atom. The van der Waals surface area contributed by atoms with Crippen LogP contribution in [0.2, 0.25) is 0 Å². The minimum Gasteiger partial charge on any atom is -0.455 e. The Balaban J connectivity index is 2.12. The smallest absolute Gasteiger partial charge is 0.338 e. The summed E-state index contributed by atoms with van der Waals surface area (Å²) in [5.74, 6) is -1.15. The summed E-state index contributed by atoms with van der Waals surface area (Å²) in [6, 6.07) is 17.9. The molecule has 0 aliphatic carbocycles. The second-order valence-electron chi connectivity index (χ2n) is 6.00. The molecule has 0 radical (unpaired) electrons. The molecule has 0 bridgehead atoms. The van der Waals surface area contributed by atoms with Gasteiger partial charge in [0.1, 0.15) is 6.10 Å². The van der Waals surface area contributed by atoms with Gasteiger partial charge in [0.2, 0.25) is 4.33 Å². The standard InChI is InChI=1S/C21H21Cl2NO3/c1-3-14-24(15-17-10-6-4-7-11-17)20(26)21(22,23)16(2)27-19(25)18-12-8-5-9-13-18/h3-13,16H,1,14-15H2,2H3. The van der Waals surface area contributed by atoms with Gasteiger partial charge >= 0.3 is 5.97 Å². The normalized spacial score (nSPS) is 12.1. The van der Waals surface area contributed by atoms with Crippen molar-refractivity contribution in [3.63, 3.8) is 0 Å². The summed E-state index contributed by atoms with van der Waals surface area (Å²) in [7, 11) is 0. The van der Waals surface area contributed by atoms with Crippen molar-refractivity contribution in [2.45, 2.75) is 23.9 Å². The van der Waals surface area contributed by atoms with Gasteiger partial charge in [0.15, 0.2) is 0 Å².